The largest absolute Gasteiger partial charge is 0.354 e. The lowest BCUT2D eigenvalue weighted by atomic mass is 10.2. The molecule has 1 aliphatic heterocycles. The summed E-state index contributed by atoms with van der Waals surface area (Å²) in [5, 5.41) is 0. The van der Waals surface area contributed by atoms with Crippen molar-refractivity contribution in [3.05, 3.63) is 23.9 Å². The Morgan fingerprint density at radius 2 is 1.88 bits per heavy atom. The van der Waals surface area contributed by atoms with E-state index in [0.717, 1.165) is 32.0 Å². The summed E-state index contributed by atoms with van der Waals surface area (Å²) in [4.78, 5) is 9.40. The molecule has 0 bridgehead atoms. The summed E-state index contributed by atoms with van der Waals surface area (Å²) < 4.78 is 0. The lowest BCUT2D eigenvalue weighted by molar-refractivity contribution is 0.209. The molecule has 1 aliphatic rings. The maximum atomic E-state index is 4.48. The van der Waals surface area contributed by atoms with Gasteiger partial charge in [-0.3, -0.25) is 4.90 Å². The first kappa shape index (κ1) is 11.4. The quantitative estimate of drug-likeness (QED) is 0.757. The van der Waals surface area contributed by atoms with Gasteiger partial charge < -0.3 is 4.90 Å². The zero-order valence-corrected chi connectivity index (χ0v) is 10.5. The third-order valence-electron chi connectivity index (χ3n) is 3.33. The molecule has 0 atom stereocenters. The van der Waals surface area contributed by atoms with E-state index in [1.54, 1.807) is 0 Å². The van der Waals surface area contributed by atoms with Crippen LogP contribution in [0.3, 0.4) is 0 Å². The minimum absolute atomic E-state index is 0.659. The molecule has 1 saturated heterocycles. The molecule has 0 aliphatic carbocycles. The van der Waals surface area contributed by atoms with Crippen LogP contribution in [0.2, 0.25) is 0 Å². The smallest absolute Gasteiger partial charge is 0.131 e. The van der Waals surface area contributed by atoms with Gasteiger partial charge in [-0.2, -0.15) is 0 Å². The van der Waals surface area contributed by atoms with E-state index >= 15 is 0 Å². The second-order valence-electron chi connectivity index (χ2n) is 4.76. The highest BCUT2D eigenvalue weighted by Crippen LogP contribution is 2.18. The zero-order chi connectivity index (χ0) is 11.5. The van der Waals surface area contributed by atoms with Crippen LogP contribution in [0.1, 0.15) is 19.4 Å². The second-order valence-corrected chi connectivity index (χ2v) is 4.76. The van der Waals surface area contributed by atoms with Gasteiger partial charge in [-0.25, -0.2) is 4.98 Å². The Kier molecular flexibility index (Phi) is 3.44. The van der Waals surface area contributed by atoms with E-state index in [4.69, 9.17) is 0 Å². The molecule has 1 aromatic heterocycles. The van der Waals surface area contributed by atoms with E-state index in [1.165, 1.54) is 5.56 Å². The SMILES string of the molecule is Cc1cccnc1N1CCN(C(C)C)CC1. The number of aromatic nitrogens is 1. The number of anilines is 1. The normalized spacial score (nSPS) is 18.1. The van der Waals surface area contributed by atoms with Crippen molar-refractivity contribution in [2.75, 3.05) is 31.1 Å². The van der Waals surface area contributed by atoms with Crippen LogP contribution in [0.15, 0.2) is 18.3 Å². The molecule has 0 aromatic carbocycles. The Hall–Kier alpha value is -1.09. The lowest BCUT2D eigenvalue weighted by Gasteiger charge is -2.37. The Bertz CT molecular complexity index is 341. The molecule has 2 rings (SSSR count). The van der Waals surface area contributed by atoms with Crippen LogP contribution in [0, 0.1) is 6.92 Å². The molecular weight excluding hydrogens is 198 g/mol. The average molecular weight is 219 g/mol. The van der Waals surface area contributed by atoms with E-state index in [1.807, 2.05) is 12.3 Å². The van der Waals surface area contributed by atoms with Crippen molar-refractivity contribution in [3.8, 4) is 0 Å². The Balaban J connectivity index is 2.02. The minimum atomic E-state index is 0.659. The second kappa shape index (κ2) is 4.83. The number of aryl methyl sites for hydroxylation is 1. The molecule has 88 valence electrons. The van der Waals surface area contributed by atoms with Crippen molar-refractivity contribution in [2.45, 2.75) is 26.8 Å². The molecule has 0 amide bonds. The van der Waals surface area contributed by atoms with Gasteiger partial charge in [0.1, 0.15) is 5.82 Å². The first-order valence-electron chi connectivity index (χ1n) is 6.09. The lowest BCUT2D eigenvalue weighted by Crippen LogP contribution is -2.49. The summed E-state index contributed by atoms with van der Waals surface area (Å²) in [6.07, 6.45) is 1.89. The van der Waals surface area contributed by atoms with Gasteiger partial charge in [0, 0.05) is 38.4 Å². The van der Waals surface area contributed by atoms with Gasteiger partial charge in [-0.05, 0) is 32.4 Å². The van der Waals surface area contributed by atoms with Crippen LogP contribution in [0.5, 0.6) is 0 Å². The van der Waals surface area contributed by atoms with Crippen molar-refractivity contribution >= 4 is 5.82 Å². The van der Waals surface area contributed by atoms with Crippen molar-refractivity contribution in [2.24, 2.45) is 0 Å². The molecule has 3 nitrogen and oxygen atoms in total. The van der Waals surface area contributed by atoms with E-state index in [-0.39, 0.29) is 0 Å². The molecule has 16 heavy (non-hydrogen) atoms. The molecular formula is C13H21N3. The fourth-order valence-corrected chi connectivity index (χ4v) is 2.26. The number of rotatable bonds is 2. The third-order valence-corrected chi connectivity index (χ3v) is 3.33. The summed E-state index contributed by atoms with van der Waals surface area (Å²) >= 11 is 0. The monoisotopic (exact) mass is 219 g/mol. The number of hydrogen-bond acceptors (Lipinski definition) is 3. The van der Waals surface area contributed by atoms with E-state index in [0.29, 0.717) is 6.04 Å². The van der Waals surface area contributed by atoms with Crippen molar-refractivity contribution in [1.82, 2.24) is 9.88 Å². The molecule has 1 aromatic rings. The summed E-state index contributed by atoms with van der Waals surface area (Å²) in [5.41, 5.74) is 1.28. The van der Waals surface area contributed by atoms with E-state index in [2.05, 4.69) is 41.6 Å². The molecule has 1 fully saturated rings. The standard InChI is InChI=1S/C13H21N3/c1-11(2)15-7-9-16(10-8-15)13-12(3)5-4-6-14-13/h4-6,11H,7-10H2,1-3H3. The number of pyridine rings is 1. The predicted molar refractivity (Wildman–Crippen MR) is 67.9 cm³/mol. The van der Waals surface area contributed by atoms with Crippen molar-refractivity contribution < 1.29 is 0 Å². The Morgan fingerprint density at radius 1 is 1.19 bits per heavy atom. The van der Waals surface area contributed by atoms with Gasteiger partial charge in [0.2, 0.25) is 0 Å². The maximum Gasteiger partial charge on any atom is 0.131 e. The van der Waals surface area contributed by atoms with Crippen LogP contribution < -0.4 is 4.90 Å². The topological polar surface area (TPSA) is 19.4 Å². The highest BCUT2D eigenvalue weighted by atomic mass is 15.3. The van der Waals surface area contributed by atoms with Gasteiger partial charge in [-0.15, -0.1) is 0 Å². The number of piperazine rings is 1. The van der Waals surface area contributed by atoms with E-state index in [9.17, 15) is 0 Å². The fourth-order valence-electron chi connectivity index (χ4n) is 2.26. The summed E-state index contributed by atoms with van der Waals surface area (Å²) in [5.74, 6) is 1.16. The third kappa shape index (κ3) is 2.35. The van der Waals surface area contributed by atoms with Crippen molar-refractivity contribution in [1.29, 1.82) is 0 Å². The summed E-state index contributed by atoms with van der Waals surface area (Å²) in [6, 6.07) is 4.80. The molecule has 0 radical (unpaired) electrons. The van der Waals surface area contributed by atoms with Crippen LogP contribution >= 0.6 is 0 Å². The molecule has 0 unspecified atom stereocenters. The van der Waals surface area contributed by atoms with Crippen LogP contribution in [0.25, 0.3) is 0 Å². The molecule has 0 spiro atoms. The van der Waals surface area contributed by atoms with Gasteiger partial charge >= 0.3 is 0 Å². The zero-order valence-electron chi connectivity index (χ0n) is 10.5. The highest BCUT2D eigenvalue weighted by Gasteiger charge is 2.20. The van der Waals surface area contributed by atoms with Crippen LogP contribution in [0.4, 0.5) is 5.82 Å². The van der Waals surface area contributed by atoms with Crippen LogP contribution in [-0.2, 0) is 0 Å². The highest BCUT2D eigenvalue weighted by molar-refractivity contribution is 5.46. The molecule has 2 heterocycles. The first-order chi connectivity index (χ1) is 7.68. The van der Waals surface area contributed by atoms with Gasteiger partial charge in [0.05, 0.1) is 0 Å². The van der Waals surface area contributed by atoms with Gasteiger partial charge in [0.15, 0.2) is 0 Å². The molecule has 0 N–H and O–H groups in total. The molecule has 0 saturated carbocycles. The number of nitrogens with zero attached hydrogens (tertiary/aromatic N) is 3. The van der Waals surface area contributed by atoms with Crippen molar-refractivity contribution in [3.63, 3.8) is 0 Å². The Labute approximate surface area is 98.1 Å². The molecule has 3 heteroatoms. The predicted octanol–water partition coefficient (Wildman–Crippen LogP) is 1.92. The number of hydrogen-bond donors (Lipinski definition) is 0. The minimum Gasteiger partial charge on any atom is -0.354 e. The summed E-state index contributed by atoms with van der Waals surface area (Å²) in [6.45, 7) is 11.1. The average Bonchev–Trinajstić information content (AvgIpc) is 2.30. The summed E-state index contributed by atoms with van der Waals surface area (Å²) in [7, 11) is 0. The maximum absolute atomic E-state index is 4.48. The Morgan fingerprint density at radius 3 is 2.44 bits per heavy atom. The first-order valence-corrected chi connectivity index (χ1v) is 6.09. The van der Waals surface area contributed by atoms with Gasteiger partial charge in [0.25, 0.3) is 0 Å². The van der Waals surface area contributed by atoms with E-state index < -0.39 is 0 Å². The fraction of sp³-hybridized carbons (Fsp3) is 0.615. The van der Waals surface area contributed by atoms with Crippen LogP contribution in [-0.4, -0.2) is 42.1 Å². The van der Waals surface area contributed by atoms with Gasteiger partial charge in [-0.1, -0.05) is 6.07 Å².